The molecule has 2 aromatic heterocycles. The molecule has 230 valence electrons. The van der Waals surface area contributed by atoms with Gasteiger partial charge in [0, 0.05) is 57.0 Å². The number of halogens is 2. The van der Waals surface area contributed by atoms with Gasteiger partial charge in [0.1, 0.15) is 5.56 Å². The first kappa shape index (κ1) is 30.9. The van der Waals surface area contributed by atoms with Gasteiger partial charge in [-0.15, -0.1) is 0 Å². The highest BCUT2D eigenvalue weighted by atomic mass is 35.5. The molecule has 1 aliphatic carbocycles. The average Bonchev–Trinajstić information content (AvgIpc) is 3.43. The lowest BCUT2D eigenvalue weighted by molar-refractivity contribution is -0.119. The molecular weight excluding hydrogens is 591 g/mol. The minimum absolute atomic E-state index is 0.00595. The van der Waals surface area contributed by atoms with E-state index in [0.29, 0.717) is 30.6 Å². The van der Waals surface area contributed by atoms with Crippen molar-refractivity contribution < 1.29 is 18.7 Å². The summed E-state index contributed by atoms with van der Waals surface area (Å²) in [5.41, 5.74) is -2.83. The molecule has 2 amide bonds. The summed E-state index contributed by atoms with van der Waals surface area (Å²) < 4.78 is 24.8. The number of nitrogens with zero attached hydrogens (tertiary/aromatic N) is 3. The van der Waals surface area contributed by atoms with Gasteiger partial charge < -0.3 is 25.3 Å². The van der Waals surface area contributed by atoms with Crippen molar-refractivity contribution in [2.75, 3.05) is 13.7 Å². The Labute approximate surface area is 257 Å². The number of nitrogens with one attached hydrogen (secondary N) is 3. The van der Waals surface area contributed by atoms with Gasteiger partial charge in [-0.05, 0) is 24.1 Å². The highest BCUT2D eigenvalue weighted by Crippen LogP contribution is 2.51. The Morgan fingerprint density at radius 2 is 1.93 bits per heavy atom. The SMILES string of the molecule is COc1nc(C2(NC(=O)c3cn(C)c(=O)n(C)c3=O)C=CC=C(c3ccccc3)[C@]2(F)Cl)ccc1CNCC1CCC(=O)N1. The van der Waals surface area contributed by atoms with Crippen molar-refractivity contribution >= 4 is 29.0 Å². The van der Waals surface area contributed by atoms with E-state index >= 15 is 4.39 Å². The van der Waals surface area contributed by atoms with Crippen molar-refractivity contribution in [3.05, 3.63) is 110 Å². The van der Waals surface area contributed by atoms with Crippen molar-refractivity contribution in [3.63, 3.8) is 0 Å². The molecule has 1 aromatic carbocycles. The Balaban J connectivity index is 1.56. The lowest BCUT2D eigenvalue weighted by Gasteiger charge is -2.43. The first-order valence-corrected chi connectivity index (χ1v) is 14.3. The van der Waals surface area contributed by atoms with Crippen LogP contribution in [0, 0.1) is 0 Å². The molecule has 0 radical (unpaired) electrons. The van der Waals surface area contributed by atoms with Gasteiger partial charge in [0.25, 0.3) is 11.5 Å². The van der Waals surface area contributed by atoms with Crippen molar-refractivity contribution in [2.24, 2.45) is 14.1 Å². The number of pyridine rings is 1. The lowest BCUT2D eigenvalue weighted by Crippen LogP contribution is -2.58. The highest BCUT2D eigenvalue weighted by Gasteiger charge is 2.57. The summed E-state index contributed by atoms with van der Waals surface area (Å²) in [6, 6.07) is 11.8. The predicted octanol–water partition coefficient (Wildman–Crippen LogP) is 2.04. The van der Waals surface area contributed by atoms with E-state index in [-0.39, 0.29) is 29.1 Å². The Kier molecular flexibility index (Phi) is 8.57. The topological polar surface area (TPSA) is 136 Å². The number of hydrogen-bond donors (Lipinski definition) is 3. The third-order valence-corrected chi connectivity index (χ3v) is 8.36. The molecule has 3 aromatic rings. The summed E-state index contributed by atoms with van der Waals surface area (Å²) >= 11 is 6.83. The number of allylic oxidation sites excluding steroid dienone is 2. The van der Waals surface area contributed by atoms with Gasteiger partial charge in [-0.2, -0.15) is 0 Å². The van der Waals surface area contributed by atoms with Crippen LogP contribution in [0.4, 0.5) is 4.39 Å². The molecule has 44 heavy (non-hydrogen) atoms. The number of rotatable bonds is 9. The van der Waals surface area contributed by atoms with Crippen LogP contribution >= 0.6 is 11.6 Å². The quantitative estimate of drug-likeness (QED) is 0.311. The molecule has 0 saturated carbocycles. The largest absolute Gasteiger partial charge is 0.481 e. The van der Waals surface area contributed by atoms with E-state index in [0.717, 1.165) is 21.8 Å². The van der Waals surface area contributed by atoms with Crippen LogP contribution in [0.2, 0.25) is 0 Å². The fourth-order valence-corrected chi connectivity index (χ4v) is 5.84. The van der Waals surface area contributed by atoms with Gasteiger partial charge >= 0.3 is 5.69 Å². The van der Waals surface area contributed by atoms with Crippen molar-refractivity contribution in [3.8, 4) is 5.88 Å². The summed E-state index contributed by atoms with van der Waals surface area (Å²) in [6.45, 7) is 0.872. The van der Waals surface area contributed by atoms with Crippen LogP contribution in [0.25, 0.3) is 5.57 Å². The number of benzene rings is 1. The Bertz CT molecular complexity index is 1780. The number of hydrogen-bond acceptors (Lipinski definition) is 7. The number of aromatic nitrogens is 3. The third-order valence-electron chi connectivity index (χ3n) is 7.86. The Hall–Kier alpha value is -4.55. The van der Waals surface area contributed by atoms with E-state index in [4.69, 9.17) is 16.3 Å². The van der Waals surface area contributed by atoms with Gasteiger partial charge in [0.2, 0.25) is 16.9 Å². The summed E-state index contributed by atoms with van der Waals surface area (Å²) in [6.07, 6.45) is 6.76. The van der Waals surface area contributed by atoms with Crippen LogP contribution in [-0.4, -0.2) is 50.8 Å². The number of methoxy groups -OCH3 is 1. The monoisotopic (exact) mass is 622 g/mol. The van der Waals surface area contributed by atoms with Gasteiger partial charge in [0.05, 0.1) is 12.8 Å². The summed E-state index contributed by atoms with van der Waals surface area (Å²) in [4.78, 5) is 55.1. The van der Waals surface area contributed by atoms with E-state index in [9.17, 15) is 19.2 Å². The molecule has 11 nitrogen and oxygen atoms in total. The van der Waals surface area contributed by atoms with Gasteiger partial charge in [0.15, 0.2) is 5.54 Å². The number of alkyl halides is 2. The maximum absolute atomic E-state index is 17.3. The molecule has 5 rings (SSSR count). The minimum Gasteiger partial charge on any atom is -0.481 e. The standard InChI is InChI=1S/C31H32ClFN6O5/c1-38-18-22(28(42)39(2)29(38)43)26(41)37-30(15-7-10-23(31(30,32)33)19-8-5-4-6-9-19)24-13-11-20(27(36-24)44-3)16-34-17-21-12-14-25(40)35-21/h4-11,13,15,18,21,34H,12,14,16-17H2,1-3H3,(H,35,40)(H,37,41)/t21?,30?,31-/m1/s1. The van der Waals surface area contributed by atoms with Crippen LogP contribution in [0.3, 0.4) is 0 Å². The molecule has 2 aliphatic rings. The molecule has 2 unspecified atom stereocenters. The second-order valence-corrected chi connectivity index (χ2v) is 11.3. The molecule has 3 N–H and O–H groups in total. The lowest BCUT2D eigenvalue weighted by atomic mass is 9.78. The van der Waals surface area contributed by atoms with Crippen molar-refractivity contribution in [1.29, 1.82) is 0 Å². The summed E-state index contributed by atoms with van der Waals surface area (Å²) in [5.74, 6) is -0.787. The molecule has 1 saturated heterocycles. The van der Waals surface area contributed by atoms with E-state index < -0.39 is 33.4 Å². The van der Waals surface area contributed by atoms with Gasteiger partial charge in [-0.25, -0.2) is 14.2 Å². The Morgan fingerprint density at radius 3 is 2.61 bits per heavy atom. The van der Waals surface area contributed by atoms with E-state index in [2.05, 4.69) is 20.9 Å². The molecule has 3 atom stereocenters. The fraction of sp³-hybridized carbons (Fsp3) is 0.323. The normalized spacial score (nSPS) is 22.8. The highest BCUT2D eigenvalue weighted by molar-refractivity contribution is 6.31. The number of carbonyl (C=O) groups is 2. The second kappa shape index (κ2) is 12.2. The molecule has 0 spiro atoms. The summed E-state index contributed by atoms with van der Waals surface area (Å²) in [5, 5.41) is 6.02. The zero-order chi connectivity index (χ0) is 31.6. The van der Waals surface area contributed by atoms with Crippen LogP contribution in [0.1, 0.15) is 40.0 Å². The fourth-order valence-electron chi connectivity index (χ4n) is 5.46. The zero-order valence-electron chi connectivity index (χ0n) is 24.4. The molecular formula is C31H32ClFN6O5. The molecule has 1 aliphatic heterocycles. The van der Waals surface area contributed by atoms with Crippen LogP contribution < -0.4 is 31.9 Å². The number of amides is 2. The molecule has 1 fully saturated rings. The third kappa shape index (κ3) is 5.58. The zero-order valence-corrected chi connectivity index (χ0v) is 25.2. The second-order valence-electron chi connectivity index (χ2n) is 10.7. The average molecular weight is 623 g/mol. The maximum Gasteiger partial charge on any atom is 0.330 e. The van der Waals surface area contributed by atoms with Crippen LogP contribution in [0.15, 0.2) is 76.5 Å². The van der Waals surface area contributed by atoms with E-state index in [1.807, 2.05) is 0 Å². The van der Waals surface area contributed by atoms with Gasteiger partial charge in [-0.1, -0.05) is 60.2 Å². The predicted molar refractivity (Wildman–Crippen MR) is 163 cm³/mol. The maximum atomic E-state index is 17.3. The Morgan fingerprint density at radius 1 is 1.18 bits per heavy atom. The first-order valence-electron chi connectivity index (χ1n) is 14.0. The van der Waals surface area contributed by atoms with E-state index in [1.54, 1.807) is 42.5 Å². The number of carbonyl (C=O) groups excluding carboxylic acids is 2. The first-order chi connectivity index (χ1) is 21.0. The number of aryl methyl sites for hydroxylation is 1. The number of ether oxygens (including phenoxy) is 1. The molecule has 3 heterocycles. The van der Waals surface area contributed by atoms with E-state index in [1.165, 1.54) is 39.4 Å². The molecule has 13 heteroatoms. The van der Waals surface area contributed by atoms with Crippen LogP contribution in [-0.2, 0) is 31.0 Å². The van der Waals surface area contributed by atoms with Crippen molar-refractivity contribution in [1.82, 2.24) is 30.1 Å². The van der Waals surface area contributed by atoms with Crippen LogP contribution in [0.5, 0.6) is 5.88 Å². The molecule has 0 bridgehead atoms. The summed E-state index contributed by atoms with van der Waals surface area (Å²) in [7, 11) is 4.06. The van der Waals surface area contributed by atoms with Crippen molar-refractivity contribution in [2.45, 2.75) is 36.1 Å². The minimum atomic E-state index is -2.80. The van der Waals surface area contributed by atoms with Gasteiger partial charge in [-0.3, -0.25) is 19.0 Å². The smallest absolute Gasteiger partial charge is 0.330 e.